The van der Waals surface area contributed by atoms with Gasteiger partial charge in [0.25, 0.3) is 0 Å². The maximum Gasteiger partial charge on any atom is 0.142 e. The topological polar surface area (TPSA) is 86.2 Å². The van der Waals surface area contributed by atoms with Gasteiger partial charge in [0.05, 0.1) is 36.6 Å². The molecule has 2 saturated heterocycles. The highest BCUT2D eigenvalue weighted by atomic mass is 79.9. The molecule has 0 N–H and O–H groups in total. The minimum Gasteiger partial charge on any atom is -0.495 e. The molecule has 4 aliphatic rings. The monoisotopic (exact) mass is 857 g/mol. The van der Waals surface area contributed by atoms with Gasteiger partial charge in [-0.1, -0.05) is 47.6 Å². The van der Waals surface area contributed by atoms with Crippen molar-refractivity contribution < 1.29 is 9.47 Å². The summed E-state index contributed by atoms with van der Waals surface area (Å²) in [5.74, 6) is 7.14. The Bertz CT molecular complexity index is 2400. The molecule has 0 unspecified atom stereocenters. The summed E-state index contributed by atoms with van der Waals surface area (Å²) < 4.78 is 12.2. The third kappa shape index (κ3) is 8.69. The summed E-state index contributed by atoms with van der Waals surface area (Å²) in [6, 6.07) is 29.4. The molecule has 2 aliphatic carbocycles. The van der Waals surface area contributed by atoms with Crippen LogP contribution in [-0.2, 0) is 0 Å². The Hall–Kier alpha value is -5.36. The molecule has 6 aromatic rings. The zero-order valence-electron chi connectivity index (χ0n) is 33.9. The van der Waals surface area contributed by atoms with Crippen molar-refractivity contribution in [3.05, 3.63) is 101 Å². The molecule has 308 valence electrons. The molecule has 0 radical (unpaired) electrons. The van der Waals surface area contributed by atoms with Gasteiger partial charge in [-0.2, -0.15) is 0 Å². The lowest BCUT2D eigenvalue weighted by molar-refractivity contribution is 0.413. The maximum atomic E-state index is 5.57. The summed E-state index contributed by atoms with van der Waals surface area (Å²) in [4.78, 5) is 31.6. The Morgan fingerprint density at radius 1 is 0.542 bits per heavy atom. The molecule has 12 heteroatoms. The summed E-state index contributed by atoms with van der Waals surface area (Å²) >= 11 is 3.61. The van der Waals surface area contributed by atoms with Crippen molar-refractivity contribution in [3.63, 3.8) is 0 Å². The number of piperazine rings is 2. The third-order valence-electron chi connectivity index (χ3n) is 11.7. The Labute approximate surface area is 357 Å². The molecule has 2 saturated carbocycles. The first-order valence-electron chi connectivity index (χ1n) is 20.6. The first-order chi connectivity index (χ1) is 28.4. The Morgan fingerprint density at radius 3 is 1.41 bits per heavy atom. The molecule has 0 amide bonds. The Balaban J connectivity index is 0.000000162. The number of methoxy groups -OCH3 is 2. The summed E-state index contributed by atoms with van der Waals surface area (Å²) in [5.41, 5.74) is 5.61. The summed E-state index contributed by atoms with van der Waals surface area (Å²) in [5, 5.41) is 2.28. The fourth-order valence-electron chi connectivity index (χ4n) is 8.13. The van der Waals surface area contributed by atoms with Crippen LogP contribution in [-0.4, -0.2) is 101 Å². The normalized spacial score (nSPS) is 16.7. The molecule has 2 aromatic heterocycles. The van der Waals surface area contributed by atoms with Crippen molar-refractivity contribution in [3.8, 4) is 11.5 Å². The molecule has 0 bridgehead atoms. The van der Waals surface area contributed by atoms with Crippen molar-refractivity contribution in [2.24, 2.45) is 0 Å². The number of para-hydroxylation sites is 4. The quantitative estimate of drug-likeness (QED) is 0.140. The second kappa shape index (κ2) is 17.5. The van der Waals surface area contributed by atoms with Gasteiger partial charge >= 0.3 is 0 Å². The smallest absolute Gasteiger partial charge is 0.142 e. The van der Waals surface area contributed by atoms with Crippen molar-refractivity contribution in [1.82, 2.24) is 19.9 Å². The van der Waals surface area contributed by atoms with Crippen LogP contribution in [0, 0.1) is 0 Å². The molecule has 11 nitrogen and oxygen atoms in total. The molecular formula is C47H56BrN9O2. The van der Waals surface area contributed by atoms with E-state index in [1.807, 2.05) is 24.3 Å². The molecule has 59 heavy (non-hydrogen) atoms. The van der Waals surface area contributed by atoms with E-state index in [0.29, 0.717) is 11.8 Å². The number of hydrogen-bond donors (Lipinski definition) is 0. The highest BCUT2D eigenvalue weighted by Crippen LogP contribution is 2.42. The van der Waals surface area contributed by atoms with Gasteiger partial charge in [-0.15, -0.1) is 0 Å². The third-order valence-corrected chi connectivity index (χ3v) is 12.2. The number of aromatic nitrogens is 4. The van der Waals surface area contributed by atoms with Crippen LogP contribution in [0.1, 0.15) is 56.6 Å². The van der Waals surface area contributed by atoms with Crippen LogP contribution in [0.5, 0.6) is 11.5 Å². The molecule has 2 aliphatic heterocycles. The minimum absolute atomic E-state index is 0. The summed E-state index contributed by atoms with van der Waals surface area (Å²) in [6.45, 7) is 7.50. The molecule has 4 fully saturated rings. The first-order valence-corrected chi connectivity index (χ1v) is 21.4. The van der Waals surface area contributed by atoms with Gasteiger partial charge in [0, 0.05) is 99.2 Å². The number of hydrogen-bond acceptors (Lipinski definition) is 11. The number of rotatable bonds is 9. The van der Waals surface area contributed by atoms with Crippen LogP contribution in [0.15, 0.2) is 89.4 Å². The molecule has 0 spiro atoms. The van der Waals surface area contributed by atoms with Crippen molar-refractivity contribution in [2.75, 3.05) is 105 Å². The van der Waals surface area contributed by atoms with E-state index >= 15 is 0 Å². The average molecular weight is 859 g/mol. The van der Waals surface area contributed by atoms with Gasteiger partial charge in [-0.05, 0) is 86.3 Å². The maximum absolute atomic E-state index is 5.57. The van der Waals surface area contributed by atoms with E-state index in [4.69, 9.17) is 29.4 Å². The number of halogens is 1. The fourth-order valence-corrected chi connectivity index (χ4v) is 8.49. The van der Waals surface area contributed by atoms with E-state index in [1.165, 1.54) is 42.7 Å². The van der Waals surface area contributed by atoms with Crippen LogP contribution in [0.4, 0.5) is 28.7 Å². The number of nitrogens with zero attached hydrogens (tertiary/aromatic N) is 9. The Kier molecular flexibility index (Phi) is 12.0. The van der Waals surface area contributed by atoms with Crippen molar-refractivity contribution in [2.45, 2.75) is 44.9 Å². The average Bonchev–Trinajstić information content (AvgIpc) is 4.21. The van der Waals surface area contributed by atoms with Crippen LogP contribution in [0.2, 0.25) is 0 Å². The van der Waals surface area contributed by atoms with E-state index in [0.717, 1.165) is 113 Å². The van der Waals surface area contributed by atoms with E-state index < -0.39 is 0 Å². The lowest BCUT2D eigenvalue weighted by Crippen LogP contribution is -2.47. The number of fused-ring (bicyclic) bond motifs is 2. The summed E-state index contributed by atoms with van der Waals surface area (Å²) in [7, 11) is 7.63. The van der Waals surface area contributed by atoms with Gasteiger partial charge in [0.15, 0.2) is 0 Å². The molecule has 4 heterocycles. The number of ether oxygens (including phenoxy) is 2. The second-order valence-electron chi connectivity index (χ2n) is 15.9. The zero-order valence-corrected chi connectivity index (χ0v) is 35.5. The minimum atomic E-state index is 0. The molecule has 0 atom stereocenters. The second-order valence-corrected chi connectivity index (χ2v) is 16.8. The number of anilines is 5. The van der Waals surface area contributed by atoms with Gasteiger partial charge < -0.3 is 34.0 Å². The van der Waals surface area contributed by atoms with Gasteiger partial charge in [0.1, 0.15) is 34.8 Å². The van der Waals surface area contributed by atoms with E-state index in [9.17, 15) is 0 Å². The van der Waals surface area contributed by atoms with Crippen LogP contribution < -0.4 is 34.0 Å². The van der Waals surface area contributed by atoms with Crippen molar-refractivity contribution >= 4 is 66.4 Å². The van der Waals surface area contributed by atoms with Crippen LogP contribution in [0.3, 0.4) is 0 Å². The number of benzene rings is 4. The first kappa shape index (κ1) is 40.4. The summed E-state index contributed by atoms with van der Waals surface area (Å²) in [6.07, 6.45) is 4.84. The fraction of sp³-hybridized carbons (Fsp3) is 0.404. The predicted octanol–water partition coefficient (Wildman–Crippen LogP) is 9.15. The zero-order chi connectivity index (χ0) is 39.8. The van der Waals surface area contributed by atoms with Crippen molar-refractivity contribution in [1.29, 1.82) is 0 Å². The van der Waals surface area contributed by atoms with Crippen LogP contribution in [0.25, 0.3) is 21.8 Å². The van der Waals surface area contributed by atoms with Gasteiger partial charge in [-0.25, -0.2) is 19.9 Å². The van der Waals surface area contributed by atoms with Crippen LogP contribution >= 0.6 is 15.9 Å². The SMILES string of the molecule is C.COc1ccccc1N1CCN(c2nc(C3CC3)nc3ccc(Br)cc23)CC1.COc1ccccc1N1CCN(c2nc(C3CC3)nc3ccc(N(C)C)cc23)CC1. The van der Waals surface area contributed by atoms with Gasteiger partial charge in [-0.3, -0.25) is 0 Å². The van der Waals surface area contributed by atoms with E-state index in [-0.39, 0.29) is 7.43 Å². The largest absolute Gasteiger partial charge is 0.495 e. The predicted molar refractivity (Wildman–Crippen MR) is 247 cm³/mol. The Morgan fingerprint density at radius 2 is 0.966 bits per heavy atom. The lowest BCUT2D eigenvalue weighted by Gasteiger charge is -2.37. The molecule has 10 rings (SSSR count). The highest BCUT2D eigenvalue weighted by molar-refractivity contribution is 9.10. The molecular weight excluding hydrogens is 802 g/mol. The highest BCUT2D eigenvalue weighted by Gasteiger charge is 2.31. The lowest BCUT2D eigenvalue weighted by atomic mass is 10.1. The van der Waals surface area contributed by atoms with Gasteiger partial charge in [0.2, 0.25) is 0 Å². The van der Waals surface area contributed by atoms with E-state index in [1.54, 1.807) is 14.2 Å². The molecule has 4 aromatic carbocycles. The van der Waals surface area contributed by atoms with E-state index in [2.05, 4.69) is 115 Å². The standard InChI is InChI=1S/C24H29N5O.C22H23BrN4O.CH4/c1-27(2)18-10-11-20-19(16-18)24(26-23(25-20)17-8-9-17)29-14-12-28(13-15-29)21-6-4-5-7-22(21)30-3;1-28-20-5-3-2-4-19(20)26-10-12-27(13-11-26)22-17-14-16(23)8-9-18(17)24-21(25-22)15-6-7-15;/h4-7,10-11,16-17H,8-9,12-15H2,1-3H3;2-5,8-9,14-15H,6-7,10-13H2,1H3;1H4.